The summed E-state index contributed by atoms with van der Waals surface area (Å²) in [4.78, 5) is 0.221. The molecule has 1 atom stereocenters. The van der Waals surface area contributed by atoms with Crippen LogP contribution in [0.15, 0.2) is 29.2 Å². The average molecular weight is 270 g/mol. The molecule has 0 aromatic heterocycles. The van der Waals surface area contributed by atoms with Crippen LogP contribution in [0.4, 0.5) is 5.69 Å². The average Bonchev–Trinajstić information content (AvgIpc) is 2.26. The Morgan fingerprint density at radius 3 is 2.44 bits per heavy atom. The van der Waals surface area contributed by atoms with Gasteiger partial charge >= 0.3 is 0 Å². The zero-order valence-electron chi connectivity index (χ0n) is 11.2. The van der Waals surface area contributed by atoms with E-state index in [4.69, 9.17) is 5.73 Å². The highest BCUT2D eigenvalue weighted by molar-refractivity contribution is 7.89. The number of hydrogen-bond acceptors (Lipinski definition) is 3. The summed E-state index contributed by atoms with van der Waals surface area (Å²) >= 11 is 0. The molecule has 0 radical (unpaired) electrons. The van der Waals surface area contributed by atoms with E-state index in [0.29, 0.717) is 11.6 Å². The minimum Gasteiger partial charge on any atom is -0.399 e. The second kappa shape index (κ2) is 6.20. The summed E-state index contributed by atoms with van der Waals surface area (Å²) in [6, 6.07) is 6.26. The summed E-state index contributed by atoms with van der Waals surface area (Å²) in [5.74, 6) is 0.573. The number of rotatable bonds is 6. The van der Waals surface area contributed by atoms with Crippen LogP contribution in [0.2, 0.25) is 0 Å². The zero-order valence-corrected chi connectivity index (χ0v) is 12.0. The summed E-state index contributed by atoms with van der Waals surface area (Å²) in [5.41, 5.74) is 6.04. The third-order valence-electron chi connectivity index (χ3n) is 2.70. The molecule has 1 aromatic carbocycles. The predicted molar refractivity (Wildman–Crippen MR) is 74.7 cm³/mol. The van der Waals surface area contributed by atoms with Gasteiger partial charge in [-0.15, -0.1) is 0 Å². The lowest BCUT2D eigenvalue weighted by Crippen LogP contribution is -2.32. The van der Waals surface area contributed by atoms with Crippen molar-refractivity contribution in [1.82, 2.24) is 4.72 Å². The fraction of sp³-hybridized carbons (Fsp3) is 0.538. The first kappa shape index (κ1) is 15.0. The fourth-order valence-electron chi connectivity index (χ4n) is 1.66. The molecule has 0 fully saturated rings. The third kappa shape index (κ3) is 4.66. The van der Waals surface area contributed by atoms with Gasteiger partial charge in [-0.3, -0.25) is 0 Å². The molecule has 0 spiro atoms. The van der Waals surface area contributed by atoms with Gasteiger partial charge in [0.15, 0.2) is 0 Å². The van der Waals surface area contributed by atoms with Gasteiger partial charge in [0.1, 0.15) is 0 Å². The van der Waals surface area contributed by atoms with Crippen molar-refractivity contribution in [2.75, 3.05) is 5.73 Å². The van der Waals surface area contributed by atoms with Crippen molar-refractivity contribution in [3.8, 4) is 0 Å². The van der Waals surface area contributed by atoms with Crippen molar-refractivity contribution in [2.45, 2.75) is 44.6 Å². The molecule has 1 unspecified atom stereocenters. The first-order valence-electron chi connectivity index (χ1n) is 6.19. The van der Waals surface area contributed by atoms with Crippen LogP contribution in [0.5, 0.6) is 0 Å². The number of nitrogens with one attached hydrogen (secondary N) is 1. The molecule has 0 amide bonds. The van der Waals surface area contributed by atoms with Crippen LogP contribution >= 0.6 is 0 Å². The zero-order chi connectivity index (χ0) is 13.8. The maximum Gasteiger partial charge on any atom is 0.240 e. The molecule has 0 aliphatic heterocycles. The van der Waals surface area contributed by atoms with Crippen LogP contribution < -0.4 is 10.5 Å². The Labute approximate surface area is 110 Å². The Bertz CT molecular complexity index is 484. The highest BCUT2D eigenvalue weighted by atomic mass is 32.2. The van der Waals surface area contributed by atoms with Crippen LogP contribution in [0.1, 0.15) is 33.6 Å². The van der Waals surface area contributed by atoms with Crippen LogP contribution in [0.25, 0.3) is 0 Å². The molecular weight excluding hydrogens is 248 g/mol. The summed E-state index contributed by atoms with van der Waals surface area (Å²) in [5, 5.41) is 0. The molecule has 0 bridgehead atoms. The van der Waals surface area contributed by atoms with Crippen molar-refractivity contribution in [3.63, 3.8) is 0 Å². The number of benzene rings is 1. The summed E-state index contributed by atoms with van der Waals surface area (Å²) < 4.78 is 26.8. The van der Waals surface area contributed by atoms with Crippen molar-refractivity contribution < 1.29 is 8.42 Å². The van der Waals surface area contributed by atoms with Gasteiger partial charge in [0.2, 0.25) is 10.0 Å². The SMILES string of the molecule is CC(C)CCC(C)NS(=O)(=O)c1cccc(N)c1. The summed E-state index contributed by atoms with van der Waals surface area (Å²) in [7, 11) is -3.46. The Kier molecular flexibility index (Phi) is 5.16. The molecule has 0 heterocycles. The van der Waals surface area contributed by atoms with Crippen molar-refractivity contribution in [2.24, 2.45) is 5.92 Å². The van der Waals surface area contributed by atoms with E-state index < -0.39 is 10.0 Å². The molecule has 1 rings (SSSR count). The summed E-state index contributed by atoms with van der Waals surface area (Å²) in [6.45, 7) is 6.13. The van der Waals surface area contributed by atoms with Gasteiger partial charge in [0.05, 0.1) is 4.90 Å². The number of sulfonamides is 1. The normalized spacial score (nSPS) is 13.8. The van der Waals surface area contributed by atoms with E-state index in [1.54, 1.807) is 18.2 Å². The lowest BCUT2D eigenvalue weighted by atomic mass is 10.1. The first-order valence-corrected chi connectivity index (χ1v) is 7.67. The fourth-order valence-corrected chi connectivity index (χ4v) is 2.99. The quantitative estimate of drug-likeness (QED) is 0.779. The second-order valence-corrected chi connectivity index (χ2v) is 6.78. The molecule has 1 aromatic rings. The lowest BCUT2D eigenvalue weighted by molar-refractivity contribution is 0.485. The smallest absolute Gasteiger partial charge is 0.240 e. The molecule has 5 heteroatoms. The molecule has 3 N–H and O–H groups in total. The molecular formula is C13H22N2O2S. The van der Waals surface area contributed by atoms with E-state index >= 15 is 0 Å². The molecule has 18 heavy (non-hydrogen) atoms. The number of nitrogen functional groups attached to an aromatic ring is 1. The van der Waals surface area contributed by atoms with E-state index in [-0.39, 0.29) is 10.9 Å². The number of anilines is 1. The molecule has 0 saturated heterocycles. The van der Waals surface area contributed by atoms with E-state index in [2.05, 4.69) is 18.6 Å². The standard InChI is InChI=1S/C13H22N2O2S/c1-10(2)7-8-11(3)15-18(16,17)13-6-4-5-12(14)9-13/h4-6,9-11,15H,7-8,14H2,1-3H3. The Hall–Kier alpha value is -1.07. The van der Waals surface area contributed by atoms with Gasteiger partial charge < -0.3 is 5.73 Å². The van der Waals surface area contributed by atoms with Gasteiger partial charge in [-0.05, 0) is 43.9 Å². The third-order valence-corrected chi connectivity index (χ3v) is 4.29. The molecule has 102 valence electrons. The minimum absolute atomic E-state index is 0.0705. The maximum atomic E-state index is 12.1. The highest BCUT2D eigenvalue weighted by Gasteiger charge is 2.17. The van der Waals surface area contributed by atoms with Gasteiger partial charge in [-0.2, -0.15) is 0 Å². The van der Waals surface area contributed by atoms with Crippen molar-refractivity contribution in [3.05, 3.63) is 24.3 Å². The summed E-state index contributed by atoms with van der Waals surface area (Å²) in [6.07, 6.45) is 1.83. The first-order chi connectivity index (χ1) is 8.31. The second-order valence-electron chi connectivity index (χ2n) is 5.07. The maximum absolute atomic E-state index is 12.1. The van der Waals surface area contributed by atoms with Gasteiger partial charge in [-0.25, -0.2) is 13.1 Å². The van der Waals surface area contributed by atoms with Crippen LogP contribution in [-0.2, 0) is 10.0 Å². The lowest BCUT2D eigenvalue weighted by Gasteiger charge is -2.15. The van der Waals surface area contributed by atoms with E-state index in [9.17, 15) is 8.42 Å². The van der Waals surface area contributed by atoms with Gasteiger partial charge in [0.25, 0.3) is 0 Å². The van der Waals surface area contributed by atoms with Crippen molar-refractivity contribution >= 4 is 15.7 Å². The van der Waals surface area contributed by atoms with Crippen LogP contribution in [0.3, 0.4) is 0 Å². The predicted octanol–water partition coefficient (Wildman–Crippen LogP) is 2.37. The Balaban J connectivity index is 2.70. The molecule has 0 aliphatic carbocycles. The van der Waals surface area contributed by atoms with E-state index in [1.807, 2.05) is 6.92 Å². The molecule has 0 aliphatic rings. The number of nitrogens with two attached hydrogens (primary N) is 1. The largest absolute Gasteiger partial charge is 0.399 e. The topological polar surface area (TPSA) is 72.2 Å². The Morgan fingerprint density at radius 2 is 1.89 bits per heavy atom. The van der Waals surface area contributed by atoms with E-state index in [0.717, 1.165) is 12.8 Å². The Morgan fingerprint density at radius 1 is 1.22 bits per heavy atom. The van der Waals surface area contributed by atoms with E-state index in [1.165, 1.54) is 6.07 Å². The van der Waals surface area contributed by atoms with Crippen LogP contribution in [0, 0.1) is 5.92 Å². The monoisotopic (exact) mass is 270 g/mol. The van der Waals surface area contributed by atoms with Crippen molar-refractivity contribution in [1.29, 1.82) is 0 Å². The number of hydrogen-bond donors (Lipinski definition) is 2. The van der Waals surface area contributed by atoms with Gasteiger partial charge in [-0.1, -0.05) is 19.9 Å². The highest BCUT2D eigenvalue weighted by Crippen LogP contribution is 2.14. The molecule has 0 saturated carbocycles. The van der Waals surface area contributed by atoms with Crippen LogP contribution in [-0.4, -0.2) is 14.5 Å². The molecule has 4 nitrogen and oxygen atoms in total. The minimum atomic E-state index is -3.46. The van der Waals surface area contributed by atoms with Gasteiger partial charge in [0, 0.05) is 11.7 Å².